The number of aromatic nitrogens is 1. The number of hydrogen-bond donors (Lipinski definition) is 1. The van der Waals surface area contributed by atoms with E-state index in [1.54, 1.807) is 0 Å². The molecule has 1 aromatic carbocycles. The molecule has 0 atom stereocenters. The van der Waals surface area contributed by atoms with Crippen molar-refractivity contribution in [2.75, 3.05) is 26.3 Å². The minimum absolute atomic E-state index is 0.140. The Balaban J connectivity index is 1.59. The second kappa shape index (κ2) is 5.38. The van der Waals surface area contributed by atoms with Crippen molar-refractivity contribution >= 4 is 16.8 Å². The van der Waals surface area contributed by atoms with Gasteiger partial charge in [0.05, 0.1) is 0 Å². The molecule has 122 valence electrons. The Bertz CT molecular complexity index is 756. The number of amides is 1. The zero-order valence-electron chi connectivity index (χ0n) is 13.9. The molecule has 2 fully saturated rings. The van der Waals surface area contributed by atoms with Crippen LogP contribution in [0, 0.1) is 19.3 Å². The summed E-state index contributed by atoms with van der Waals surface area (Å²) in [6.45, 7) is 7.61. The summed E-state index contributed by atoms with van der Waals surface area (Å²) in [5.74, 6) is 0.140. The van der Waals surface area contributed by atoms with Gasteiger partial charge in [0.2, 0.25) is 0 Å². The summed E-state index contributed by atoms with van der Waals surface area (Å²) in [6.07, 6.45) is 3.28. The van der Waals surface area contributed by atoms with Gasteiger partial charge in [-0.05, 0) is 61.8 Å². The number of fused-ring (bicyclic) bond motifs is 1. The van der Waals surface area contributed by atoms with Crippen molar-refractivity contribution in [1.82, 2.24) is 9.88 Å². The van der Waals surface area contributed by atoms with Crippen LogP contribution in [-0.4, -0.2) is 42.1 Å². The number of carbonyl (C=O) groups excluding carboxylic acids is 1. The summed E-state index contributed by atoms with van der Waals surface area (Å²) in [4.78, 5) is 18.3. The lowest BCUT2D eigenvalue weighted by Crippen LogP contribution is -2.35. The first-order valence-electron chi connectivity index (χ1n) is 8.53. The van der Waals surface area contributed by atoms with E-state index in [0.717, 1.165) is 62.2 Å². The molecule has 2 saturated heterocycles. The smallest absolute Gasteiger partial charge is 0.270 e. The Morgan fingerprint density at radius 2 is 1.96 bits per heavy atom. The third-order valence-electron chi connectivity index (χ3n) is 5.60. The van der Waals surface area contributed by atoms with Gasteiger partial charge in [-0.3, -0.25) is 4.79 Å². The fourth-order valence-corrected chi connectivity index (χ4v) is 4.21. The van der Waals surface area contributed by atoms with Crippen molar-refractivity contribution in [2.45, 2.75) is 33.1 Å². The number of H-pyrrole nitrogens is 1. The van der Waals surface area contributed by atoms with Crippen LogP contribution in [0.25, 0.3) is 10.9 Å². The van der Waals surface area contributed by atoms with Crippen LogP contribution in [-0.2, 0) is 4.74 Å². The van der Waals surface area contributed by atoms with Crippen LogP contribution in [0.5, 0.6) is 0 Å². The third kappa shape index (κ3) is 2.55. The zero-order chi connectivity index (χ0) is 16.0. The van der Waals surface area contributed by atoms with E-state index in [1.807, 2.05) is 11.0 Å². The van der Waals surface area contributed by atoms with E-state index >= 15 is 0 Å². The van der Waals surface area contributed by atoms with Gasteiger partial charge in [0.15, 0.2) is 0 Å². The van der Waals surface area contributed by atoms with Crippen molar-refractivity contribution in [3.8, 4) is 0 Å². The topological polar surface area (TPSA) is 45.3 Å². The summed E-state index contributed by atoms with van der Waals surface area (Å²) in [5, 5.41) is 1.15. The minimum atomic E-state index is 0.140. The number of carbonyl (C=O) groups is 1. The first-order chi connectivity index (χ1) is 11.1. The number of nitrogens with zero attached hydrogens (tertiary/aromatic N) is 1. The van der Waals surface area contributed by atoms with E-state index in [-0.39, 0.29) is 5.91 Å². The third-order valence-corrected chi connectivity index (χ3v) is 5.60. The second-order valence-corrected chi connectivity index (χ2v) is 7.32. The lowest BCUT2D eigenvalue weighted by molar-refractivity contribution is 0.0190. The molecular weight excluding hydrogens is 288 g/mol. The molecule has 4 rings (SSSR count). The number of likely N-dealkylation sites (tertiary alicyclic amines) is 1. The molecule has 2 aliphatic heterocycles. The molecule has 2 aromatic rings. The Kier molecular flexibility index (Phi) is 3.45. The van der Waals surface area contributed by atoms with Crippen LogP contribution < -0.4 is 0 Å². The molecule has 2 aliphatic rings. The predicted molar refractivity (Wildman–Crippen MR) is 90.8 cm³/mol. The van der Waals surface area contributed by atoms with Crippen molar-refractivity contribution in [1.29, 1.82) is 0 Å². The summed E-state index contributed by atoms with van der Waals surface area (Å²) in [5.41, 5.74) is 4.52. The molecule has 0 aliphatic carbocycles. The molecule has 0 radical (unpaired) electrons. The largest absolute Gasteiger partial charge is 0.381 e. The highest BCUT2D eigenvalue weighted by atomic mass is 16.5. The summed E-state index contributed by atoms with van der Waals surface area (Å²) >= 11 is 0. The Labute approximate surface area is 136 Å². The van der Waals surface area contributed by atoms with E-state index in [2.05, 4.69) is 31.0 Å². The number of nitrogens with one attached hydrogen (secondary N) is 1. The van der Waals surface area contributed by atoms with E-state index in [0.29, 0.717) is 5.41 Å². The lowest BCUT2D eigenvalue weighted by atomic mass is 9.80. The van der Waals surface area contributed by atoms with Gasteiger partial charge in [-0.2, -0.15) is 0 Å². The Morgan fingerprint density at radius 1 is 1.17 bits per heavy atom. The van der Waals surface area contributed by atoms with Gasteiger partial charge in [-0.15, -0.1) is 0 Å². The van der Waals surface area contributed by atoms with Crippen LogP contribution in [0.1, 0.15) is 40.9 Å². The van der Waals surface area contributed by atoms with E-state index in [1.165, 1.54) is 11.1 Å². The van der Waals surface area contributed by atoms with Crippen molar-refractivity contribution in [2.24, 2.45) is 5.41 Å². The van der Waals surface area contributed by atoms with Gasteiger partial charge < -0.3 is 14.6 Å². The van der Waals surface area contributed by atoms with Gasteiger partial charge in [-0.1, -0.05) is 6.07 Å². The number of aromatic amines is 1. The fraction of sp³-hybridized carbons (Fsp3) is 0.526. The van der Waals surface area contributed by atoms with E-state index in [9.17, 15) is 4.79 Å². The average molecular weight is 312 g/mol. The number of rotatable bonds is 1. The number of benzene rings is 1. The molecule has 3 heterocycles. The minimum Gasteiger partial charge on any atom is -0.381 e. The highest BCUT2D eigenvalue weighted by Crippen LogP contribution is 2.40. The van der Waals surface area contributed by atoms with Crippen LogP contribution in [0.15, 0.2) is 18.2 Å². The maximum Gasteiger partial charge on any atom is 0.270 e. The maximum absolute atomic E-state index is 12.9. The van der Waals surface area contributed by atoms with Gasteiger partial charge in [0.25, 0.3) is 5.91 Å². The highest BCUT2D eigenvalue weighted by molar-refractivity contribution is 5.99. The van der Waals surface area contributed by atoms with Gasteiger partial charge in [-0.25, -0.2) is 0 Å². The molecule has 0 unspecified atom stereocenters. The predicted octanol–water partition coefficient (Wildman–Crippen LogP) is 3.43. The average Bonchev–Trinajstić information content (AvgIpc) is 3.12. The van der Waals surface area contributed by atoms with Crippen LogP contribution in [0.4, 0.5) is 0 Å². The number of hydrogen-bond acceptors (Lipinski definition) is 2. The maximum atomic E-state index is 12.9. The summed E-state index contributed by atoms with van der Waals surface area (Å²) < 4.78 is 5.49. The first-order valence-corrected chi connectivity index (χ1v) is 8.53. The highest BCUT2D eigenvalue weighted by Gasteiger charge is 2.41. The monoisotopic (exact) mass is 312 g/mol. The standard InChI is InChI=1S/C19H24N2O2/c1-13-9-14(2)15-11-17(20-16(15)10-13)18(22)21-6-3-19(12-21)4-7-23-8-5-19/h9-11,20H,3-8,12H2,1-2H3. The quantitative estimate of drug-likeness (QED) is 0.877. The molecule has 0 bridgehead atoms. The molecule has 4 heteroatoms. The fourth-order valence-electron chi connectivity index (χ4n) is 4.21. The second-order valence-electron chi connectivity index (χ2n) is 7.32. The van der Waals surface area contributed by atoms with Crippen LogP contribution in [0.3, 0.4) is 0 Å². The van der Waals surface area contributed by atoms with Crippen molar-refractivity contribution in [3.05, 3.63) is 35.0 Å². The number of aryl methyl sites for hydroxylation is 2. The SMILES string of the molecule is Cc1cc(C)c2cc(C(=O)N3CCC4(CCOCC4)C3)[nH]c2c1. The normalized spacial score (nSPS) is 20.5. The molecule has 1 N–H and O–H groups in total. The van der Waals surface area contributed by atoms with Crippen molar-refractivity contribution in [3.63, 3.8) is 0 Å². The molecule has 1 spiro atoms. The Morgan fingerprint density at radius 3 is 2.74 bits per heavy atom. The molecule has 1 aromatic heterocycles. The van der Waals surface area contributed by atoms with Crippen LogP contribution >= 0.6 is 0 Å². The van der Waals surface area contributed by atoms with Crippen LogP contribution in [0.2, 0.25) is 0 Å². The molecule has 4 nitrogen and oxygen atoms in total. The molecule has 1 amide bonds. The van der Waals surface area contributed by atoms with Gasteiger partial charge >= 0.3 is 0 Å². The van der Waals surface area contributed by atoms with E-state index in [4.69, 9.17) is 4.74 Å². The Hall–Kier alpha value is -1.81. The summed E-state index contributed by atoms with van der Waals surface area (Å²) in [7, 11) is 0. The molecular formula is C19H24N2O2. The number of ether oxygens (including phenoxy) is 1. The zero-order valence-corrected chi connectivity index (χ0v) is 13.9. The van der Waals surface area contributed by atoms with Gasteiger partial charge in [0, 0.05) is 37.2 Å². The summed E-state index contributed by atoms with van der Waals surface area (Å²) in [6, 6.07) is 6.29. The molecule has 0 saturated carbocycles. The first kappa shape index (κ1) is 14.8. The van der Waals surface area contributed by atoms with E-state index < -0.39 is 0 Å². The van der Waals surface area contributed by atoms with Gasteiger partial charge in [0.1, 0.15) is 5.69 Å². The lowest BCUT2D eigenvalue weighted by Gasteiger charge is -2.33. The molecule has 23 heavy (non-hydrogen) atoms. The van der Waals surface area contributed by atoms with Crippen molar-refractivity contribution < 1.29 is 9.53 Å².